The van der Waals surface area contributed by atoms with Crippen molar-refractivity contribution in [2.45, 2.75) is 32.9 Å². The molecule has 0 fully saturated rings. The average Bonchev–Trinajstić information content (AvgIpc) is 3.37. The van der Waals surface area contributed by atoms with Crippen LogP contribution >= 0.6 is 11.3 Å². The maximum atomic E-state index is 13.3. The zero-order valence-electron chi connectivity index (χ0n) is 17.4. The van der Waals surface area contributed by atoms with Gasteiger partial charge in [-0.25, -0.2) is 13.9 Å². The summed E-state index contributed by atoms with van der Waals surface area (Å²) in [5.74, 6) is 0.808. The van der Waals surface area contributed by atoms with Gasteiger partial charge in [0.1, 0.15) is 4.70 Å². The summed E-state index contributed by atoms with van der Waals surface area (Å²) in [5.41, 5.74) is 3.47. The van der Waals surface area contributed by atoms with Crippen molar-refractivity contribution in [3.63, 3.8) is 0 Å². The monoisotopic (exact) mass is 430 g/mol. The summed E-state index contributed by atoms with van der Waals surface area (Å²) in [5, 5.41) is 6.42. The summed E-state index contributed by atoms with van der Waals surface area (Å²) >= 11 is 1.35. The lowest BCUT2D eigenvalue weighted by atomic mass is 10.0. The van der Waals surface area contributed by atoms with Crippen molar-refractivity contribution in [3.8, 4) is 0 Å². The second-order valence-electron chi connectivity index (χ2n) is 7.98. The summed E-state index contributed by atoms with van der Waals surface area (Å²) in [6.07, 6.45) is 0. The predicted molar refractivity (Wildman–Crippen MR) is 124 cm³/mol. The van der Waals surface area contributed by atoms with Crippen molar-refractivity contribution in [1.82, 2.24) is 18.7 Å². The zero-order chi connectivity index (χ0) is 21.5. The van der Waals surface area contributed by atoms with Crippen LogP contribution in [0, 0.1) is 0 Å². The molecule has 0 aliphatic rings. The van der Waals surface area contributed by atoms with Gasteiger partial charge in [0.05, 0.1) is 18.6 Å². The van der Waals surface area contributed by atoms with E-state index in [2.05, 4.69) is 31.1 Å². The molecule has 31 heavy (non-hydrogen) atoms. The highest BCUT2D eigenvalue weighted by atomic mass is 32.1. The van der Waals surface area contributed by atoms with Gasteiger partial charge in [0, 0.05) is 0 Å². The average molecular weight is 431 g/mol. The van der Waals surface area contributed by atoms with Crippen LogP contribution in [-0.4, -0.2) is 18.7 Å². The Morgan fingerprint density at radius 2 is 1.61 bits per heavy atom. The number of aromatic nitrogens is 4. The van der Waals surface area contributed by atoms with E-state index in [1.54, 1.807) is 8.97 Å². The van der Waals surface area contributed by atoms with E-state index in [1.807, 2.05) is 53.9 Å². The molecule has 3 heterocycles. The van der Waals surface area contributed by atoms with E-state index < -0.39 is 0 Å². The quantitative estimate of drug-likeness (QED) is 0.422. The van der Waals surface area contributed by atoms with Gasteiger partial charge in [-0.15, -0.1) is 16.4 Å². The Kier molecular flexibility index (Phi) is 4.82. The van der Waals surface area contributed by atoms with Gasteiger partial charge in [-0.3, -0.25) is 9.36 Å². The molecular formula is C24H22N4O2S. The predicted octanol–water partition coefficient (Wildman–Crippen LogP) is 4.09. The van der Waals surface area contributed by atoms with Gasteiger partial charge >= 0.3 is 5.69 Å². The van der Waals surface area contributed by atoms with Crippen LogP contribution in [0.4, 0.5) is 0 Å². The Labute approximate surface area is 182 Å². The molecule has 2 aromatic carbocycles. The van der Waals surface area contributed by atoms with Gasteiger partial charge in [0.2, 0.25) is 5.78 Å². The highest BCUT2D eigenvalue weighted by molar-refractivity contribution is 7.17. The Morgan fingerprint density at radius 1 is 0.903 bits per heavy atom. The van der Waals surface area contributed by atoms with Gasteiger partial charge in [0.25, 0.3) is 5.56 Å². The number of hydrogen-bond acceptors (Lipinski definition) is 4. The molecular weight excluding hydrogens is 408 g/mol. The topological polar surface area (TPSA) is 61.3 Å². The molecule has 0 atom stereocenters. The molecule has 3 aromatic heterocycles. The number of thiophene rings is 1. The van der Waals surface area contributed by atoms with Crippen molar-refractivity contribution < 1.29 is 0 Å². The summed E-state index contributed by atoms with van der Waals surface area (Å²) < 4.78 is 5.15. The first-order valence-corrected chi connectivity index (χ1v) is 11.1. The summed E-state index contributed by atoms with van der Waals surface area (Å²) in [6, 6.07) is 19.8. The zero-order valence-corrected chi connectivity index (χ0v) is 18.2. The molecule has 0 aliphatic heterocycles. The fraction of sp³-hybridized carbons (Fsp3) is 0.208. The SMILES string of the molecule is CC(C)c1ccc(Cn2c(=O)c3sccc3n3c(=O)n(Cc4ccccc4)nc23)cc1. The van der Waals surface area contributed by atoms with Crippen molar-refractivity contribution >= 4 is 27.3 Å². The number of benzene rings is 2. The van der Waals surface area contributed by atoms with Crippen molar-refractivity contribution in [1.29, 1.82) is 0 Å². The number of fused-ring (bicyclic) bond motifs is 3. The van der Waals surface area contributed by atoms with E-state index in [1.165, 1.54) is 21.6 Å². The van der Waals surface area contributed by atoms with Crippen molar-refractivity contribution in [3.05, 3.63) is 104 Å². The maximum absolute atomic E-state index is 13.3. The molecule has 0 unspecified atom stereocenters. The van der Waals surface area contributed by atoms with E-state index >= 15 is 0 Å². The molecule has 0 bridgehead atoms. The minimum Gasteiger partial charge on any atom is -0.271 e. The lowest BCUT2D eigenvalue weighted by Crippen LogP contribution is -2.26. The first kappa shape index (κ1) is 19.5. The van der Waals surface area contributed by atoms with Gasteiger partial charge in [-0.05, 0) is 34.1 Å². The first-order chi connectivity index (χ1) is 15.0. The van der Waals surface area contributed by atoms with Crippen LogP contribution in [-0.2, 0) is 13.1 Å². The normalized spacial score (nSPS) is 11.7. The molecule has 5 aromatic rings. The van der Waals surface area contributed by atoms with Gasteiger partial charge in [-0.1, -0.05) is 68.4 Å². The smallest absolute Gasteiger partial charge is 0.271 e. The van der Waals surface area contributed by atoms with Crippen LogP contribution in [0.25, 0.3) is 16.0 Å². The van der Waals surface area contributed by atoms with E-state index in [-0.39, 0.29) is 11.2 Å². The highest BCUT2D eigenvalue weighted by Gasteiger charge is 2.18. The molecule has 0 spiro atoms. The summed E-state index contributed by atoms with van der Waals surface area (Å²) in [4.78, 5) is 26.5. The van der Waals surface area contributed by atoms with E-state index in [9.17, 15) is 9.59 Å². The van der Waals surface area contributed by atoms with E-state index in [4.69, 9.17) is 0 Å². The minimum atomic E-state index is -0.244. The Bertz CT molecular complexity index is 1490. The van der Waals surface area contributed by atoms with Crippen molar-refractivity contribution in [2.75, 3.05) is 0 Å². The van der Waals surface area contributed by atoms with Gasteiger partial charge in [0.15, 0.2) is 0 Å². The molecule has 5 rings (SSSR count). The molecule has 6 nitrogen and oxygen atoms in total. The lowest BCUT2D eigenvalue weighted by Gasteiger charge is -2.10. The second kappa shape index (κ2) is 7.67. The largest absolute Gasteiger partial charge is 0.352 e. The Hall–Kier alpha value is -3.45. The van der Waals surface area contributed by atoms with E-state index in [0.29, 0.717) is 35.0 Å². The molecule has 0 saturated carbocycles. The fourth-order valence-corrected chi connectivity index (χ4v) is 4.65. The maximum Gasteiger partial charge on any atom is 0.352 e. The Balaban J connectivity index is 1.67. The third-order valence-corrected chi connectivity index (χ3v) is 6.44. The summed E-state index contributed by atoms with van der Waals surface area (Å²) in [6.45, 7) is 5.01. The van der Waals surface area contributed by atoms with Crippen molar-refractivity contribution in [2.24, 2.45) is 0 Å². The molecule has 156 valence electrons. The van der Waals surface area contributed by atoms with Crippen LogP contribution in [0.15, 0.2) is 75.6 Å². The minimum absolute atomic E-state index is 0.123. The third-order valence-electron chi connectivity index (χ3n) is 5.55. The summed E-state index contributed by atoms with van der Waals surface area (Å²) in [7, 11) is 0. The third kappa shape index (κ3) is 3.41. The molecule has 0 radical (unpaired) electrons. The van der Waals surface area contributed by atoms with Crippen LogP contribution in [0.1, 0.15) is 36.5 Å². The molecule has 0 amide bonds. The number of hydrogen-bond donors (Lipinski definition) is 0. The highest BCUT2D eigenvalue weighted by Crippen LogP contribution is 2.19. The van der Waals surface area contributed by atoms with Crippen LogP contribution in [0.3, 0.4) is 0 Å². The lowest BCUT2D eigenvalue weighted by molar-refractivity contribution is 0.654. The van der Waals surface area contributed by atoms with E-state index in [0.717, 1.165) is 11.1 Å². The fourth-order valence-electron chi connectivity index (χ4n) is 3.83. The van der Waals surface area contributed by atoms with Gasteiger partial charge < -0.3 is 0 Å². The standard InChI is InChI=1S/C24H22N4O2S/c1-16(2)19-10-8-18(9-11-19)14-26-22(29)21-20(12-13-31-21)28-23(26)25-27(24(28)30)15-17-6-4-3-5-7-17/h3-13,16H,14-15H2,1-2H3. The molecule has 0 saturated heterocycles. The number of rotatable bonds is 5. The first-order valence-electron chi connectivity index (χ1n) is 10.3. The van der Waals surface area contributed by atoms with Crippen LogP contribution in [0.2, 0.25) is 0 Å². The second-order valence-corrected chi connectivity index (χ2v) is 8.90. The molecule has 0 N–H and O–H groups in total. The number of nitrogens with zero attached hydrogens (tertiary/aromatic N) is 4. The van der Waals surface area contributed by atoms with Crippen LogP contribution in [0.5, 0.6) is 0 Å². The van der Waals surface area contributed by atoms with Crippen LogP contribution < -0.4 is 11.2 Å². The Morgan fingerprint density at radius 3 is 2.32 bits per heavy atom. The molecule has 7 heteroatoms. The van der Waals surface area contributed by atoms with Gasteiger partial charge in [-0.2, -0.15) is 0 Å². The molecule has 0 aliphatic carbocycles.